The van der Waals surface area contributed by atoms with Gasteiger partial charge in [0.1, 0.15) is 6.29 Å². The average Bonchev–Trinajstić information content (AvgIpc) is 2.96. The minimum Gasteiger partial charge on any atom is -0.378 e. The molecule has 4 fully saturated rings. The minimum atomic E-state index is 0.203. The van der Waals surface area contributed by atoms with Crippen LogP contribution >= 0.6 is 0 Å². The number of fused-ring (bicyclic) bond motifs is 1. The molecule has 3 saturated heterocycles. The highest BCUT2D eigenvalue weighted by molar-refractivity contribution is 4.96. The molecule has 0 spiro atoms. The van der Waals surface area contributed by atoms with Gasteiger partial charge < -0.3 is 15.4 Å². The number of nitrogens with one attached hydrogen (secondary N) is 5. The van der Waals surface area contributed by atoms with E-state index >= 15 is 0 Å². The van der Waals surface area contributed by atoms with Crippen LogP contribution in [0.25, 0.3) is 0 Å². The summed E-state index contributed by atoms with van der Waals surface area (Å²) >= 11 is 0. The van der Waals surface area contributed by atoms with Gasteiger partial charge >= 0.3 is 0 Å². The average molecular weight is 380 g/mol. The molecule has 8 unspecified atom stereocenters. The topological polar surface area (TPSA) is 69.4 Å². The van der Waals surface area contributed by atoms with Crippen LogP contribution in [-0.2, 0) is 4.74 Å². The zero-order chi connectivity index (χ0) is 18.6. The molecule has 3 aliphatic heterocycles. The van der Waals surface area contributed by atoms with E-state index in [1.807, 2.05) is 7.05 Å². The molecule has 0 aromatic rings. The van der Waals surface area contributed by atoms with E-state index < -0.39 is 0 Å². The largest absolute Gasteiger partial charge is 0.378 e. The smallest absolute Gasteiger partial charge is 0.113 e. The molecule has 5 N–H and O–H groups in total. The van der Waals surface area contributed by atoms with Crippen LogP contribution in [0.1, 0.15) is 58.3 Å². The molecule has 4 rings (SSSR count). The summed E-state index contributed by atoms with van der Waals surface area (Å²) in [5, 5.41) is 18.3. The molecule has 0 amide bonds. The maximum Gasteiger partial charge on any atom is 0.113 e. The molecule has 1 aliphatic carbocycles. The Bertz CT molecular complexity index is 456. The maximum atomic E-state index is 6.39. The van der Waals surface area contributed by atoms with Gasteiger partial charge in [-0.1, -0.05) is 0 Å². The summed E-state index contributed by atoms with van der Waals surface area (Å²) in [5.74, 6) is 2.29. The van der Waals surface area contributed by atoms with Crippen LogP contribution in [0, 0.1) is 17.8 Å². The Morgan fingerprint density at radius 3 is 2.70 bits per heavy atom. The molecule has 4 aliphatic rings. The standard InChI is InChI=1S/C21H41N5O/c1-14-11-19(22-2)26-21(24-14)25-17-12-16-6-4-10-27-20(16)18(13-17)15-5-3-8-23-9-7-15/h14-26H,3-13H2,1-2H3. The van der Waals surface area contributed by atoms with E-state index in [-0.39, 0.29) is 6.29 Å². The van der Waals surface area contributed by atoms with Gasteiger partial charge in [0.25, 0.3) is 0 Å². The van der Waals surface area contributed by atoms with Crippen LogP contribution in [0.15, 0.2) is 0 Å². The van der Waals surface area contributed by atoms with Crippen molar-refractivity contribution < 1.29 is 4.74 Å². The van der Waals surface area contributed by atoms with Crippen molar-refractivity contribution in [2.45, 2.75) is 88.9 Å². The first-order chi connectivity index (χ1) is 13.2. The van der Waals surface area contributed by atoms with Crippen LogP contribution in [0.2, 0.25) is 0 Å². The van der Waals surface area contributed by atoms with Crippen molar-refractivity contribution >= 4 is 0 Å². The van der Waals surface area contributed by atoms with Gasteiger partial charge in [-0.05, 0) is 96.2 Å². The minimum absolute atomic E-state index is 0.203. The third-order valence-electron chi connectivity index (χ3n) is 7.45. The lowest BCUT2D eigenvalue weighted by Crippen LogP contribution is -2.68. The molecule has 0 radical (unpaired) electrons. The van der Waals surface area contributed by atoms with Crippen molar-refractivity contribution in [3.63, 3.8) is 0 Å². The molecule has 1 saturated carbocycles. The molecular weight excluding hydrogens is 338 g/mol. The van der Waals surface area contributed by atoms with Crippen molar-refractivity contribution in [3.8, 4) is 0 Å². The second kappa shape index (κ2) is 9.51. The maximum absolute atomic E-state index is 6.39. The summed E-state index contributed by atoms with van der Waals surface area (Å²) in [4.78, 5) is 0. The van der Waals surface area contributed by atoms with E-state index in [0.717, 1.165) is 30.8 Å². The Morgan fingerprint density at radius 2 is 1.81 bits per heavy atom. The number of ether oxygens (including phenoxy) is 1. The van der Waals surface area contributed by atoms with E-state index in [2.05, 4.69) is 33.5 Å². The lowest BCUT2D eigenvalue weighted by molar-refractivity contribution is -0.104. The fraction of sp³-hybridized carbons (Fsp3) is 1.00. The quantitative estimate of drug-likeness (QED) is 0.508. The van der Waals surface area contributed by atoms with Gasteiger partial charge in [0.2, 0.25) is 0 Å². The van der Waals surface area contributed by atoms with Gasteiger partial charge in [0, 0.05) is 18.7 Å². The summed E-state index contributed by atoms with van der Waals surface area (Å²) < 4.78 is 6.39. The molecule has 8 atom stereocenters. The summed E-state index contributed by atoms with van der Waals surface area (Å²) in [6.07, 6.45) is 11.4. The SMILES string of the molecule is CNC1CC(C)NC(NC2CC3CCCOC3C(C3CCCNCC3)C2)N1. The van der Waals surface area contributed by atoms with Crippen LogP contribution < -0.4 is 26.6 Å². The van der Waals surface area contributed by atoms with Crippen molar-refractivity contribution in [1.82, 2.24) is 26.6 Å². The van der Waals surface area contributed by atoms with Gasteiger partial charge in [-0.2, -0.15) is 0 Å². The van der Waals surface area contributed by atoms with Gasteiger partial charge in [0.15, 0.2) is 0 Å². The first-order valence-corrected chi connectivity index (χ1v) is 11.5. The highest BCUT2D eigenvalue weighted by Gasteiger charge is 2.43. The first-order valence-electron chi connectivity index (χ1n) is 11.5. The highest BCUT2D eigenvalue weighted by Crippen LogP contribution is 2.43. The predicted octanol–water partition coefficient (Wildman–Crippen LogP) is 1.34. The fourth-order valence-corrected chi connectivity index (χ4v) is 6.14. The van der Waals surface area contributed by atoms with E-state index in [0.29, 0.717) is 24.4 Å². The molecule has 0 aromatic carbocycles. The number of hydrogen-bond donors (Lipinski definition) is 5. The van der Waals surface area contributed by atoms with Crippen molar-refractivity contribution in [2.75, 3.05) is 26.7 Å². The molecule has 0 bridgehead atoms. The summed E-state index contributed by atoms with van der Waals surface area (Å²) in [5.41, 5.74) is 0. The number of rotatable bonds is 4. The van der Waals surface area contributed by atoms with Crippen LogP contribution in [-0.4, -0.2) is 57.4 Å². The normalized spacial score (nSPS) is 46.4. The van der Waals surface area contributed by atoms with E-state index in [9.17, 15) is 0 Å². The Hall–Kier alpha value is -0.240. The Morgan fingerprint density at radius 1 is 0.926 bits per heavy atom. The second-order valence-electron chi connectivity index (χ2n) is 9.42. The third kappa shape index (κ3) is 5.03. The van der Waals surface area contributed by atoms with Gasteiger partial charge in [0.05, 0.1) is 12.3 Å². The van der Waals surface area contributed by atoms with Crippen LogP contribution in [0.3, 0.4) is 0 Å². The zero-order valence-electron chi connectivity index (χ0n) is 17.3. The summed E-state index contributed by atoms with van der Waals surface area (Å²) in [7, 11) is 2.05. The highest BCUT2D eigenvalue weighted by atomic mass is 16.5. The molecule has 156 valence electrons. The summed E-state index contributed by atoms with van der Waals surface area (Å²) in [6.45, 7) is 5.64. The van der Waals surface area contributed by atoms with Crippen molar-refractivity contribution in [1.29, 1.82) is 0 Å². The van der Waals surface area contributed by atoms with Crippen molar-refractivity contribution in [2.24, 2.45) is 17.8 Å². The molecule has 3 heterocycles. The van der Waals surface area contributed by atoms with E-state index in [1.54, 1.807) is 0 Å². The first kappa shape index (κ1) is 20.0. The molecule has 0 aromatic heterocycles. The molecule has 27 heavy (non-hydrogen) atoms. The van der Waals surface area contributed by atoms with E-state index in [1.165, 1.54) is 58.0 Å². The number of hydrogen-bond acceptors (Lipinski definition) is 6. The third-order valence-corrected chi connectivity index (χ3v) is 7.45. The summed E-state index contributed by atoms with van der Waals surface area (Å²) in [6, 6.07) is 1.11. The van der Waals surface area contributed by atoms with E-state index in [4.69, 9.17) is 4.74 Å². The van der Waals surface area contributed by atoms with Gasteiger partial charge in [-0.25, -0.2) is 0 Å². The monoisotopic (exact) mass is 379 g/mol. The van der Waals surface area contributed by atoms with Gasteiger partial charge in [-0.3, -0.25) is 16.0 Å². The second-order valence-corrected chi connectivity index (χ2v) is 9.42. The fourth-order valence-electron chi connectivity index (χ4n) is 6.14. The zero-order valence-corrected chi connectivity index (χ0v) is 17.3. The predicted molar refractivity (Wildman–Crippen MR) is 109 cm³/mol. The van der Waals surface area contributed by atoms with Gasteiger partial charge in [-0.15, -0.1) is 0 Å². The lowest BCUT2D eigenvalue weighted by atomic mass is 9.67. The van der Waals surface area contributed by atoms with Crippen molar-refractivity contribution in [3.05, 3.63) is 0 Å². The molecular formula is C21H41N5O. The Labute approximate surface area is 165 Å². The van der Waals surface area contributed by atoms with Crippen LogP contribution in [0.4, 0.5) is 0 Å². The molecule has 6 heteroatoms. The Balaban J connectivity index is 1.42. The Kier molecular flexibility index (Phi) is 7.06. The molecule has 6 nitrogen and oxygen atoms in total. The lowest BCUT2D eigenvalue weighted by Gasteiger charge is -2.48. The van der Waals surface area contributed by atoms with Crippen LogP contribution in [0.5, 0.6) is 0 Å².